The molecule has 0 radical (unpaired) electrons. The van der Waals surface area contributed by atoms with Crippen molar-refractivity contribution in [2.45, 2.75) is 52.1 Å². The fourth-order valence-corrected chi connectivity index (χ4v) is 3.62. The highest BCUT2D eigenvalue weighted by molar-refractivity contribution is 5.91. The predicted molar refractivity (Wildman–Crippen MR) is 123 cm³/mol. The molecule has 1 fully saturated rings. The quantitative estimate of drug-likeness (QED) is 0.502. The van der Waals surface area contributed by atoms with E-state index in [2.05, 4.69) is 36.1 Å². The van der Waals surface area contributed by atoms with Crippen LogP contribution < -0.4 is 10.1 Å². The maximum absolute atomic E-state index is 13.9. The van der Waals surface area contributed by atoms with Crippen molar-refractivity contribution < 1.29 is 18.7 Å². The molecule has 172 valence electrons. The zero-order chi connectivity index (χ0) is 22.8. The Morgan fingerprint density at radius 3 is 2.74 bits per heavy atom. The van der Waals surface area contributed by atoms with Crippen LogP contribution >= 0.6 is 0 Å². The second-order valence-corrected chi connectivity index (χ2v) is 8.21. The maximum Gasteiger partial charge on any atom is 0.168 e. The van der Waals surface area contributed by atoms with E-state index >= 15 is 0 Å². The van der Waals surface area contributed by atoms with E-state index in [4.69, 9.17) is 9.47 Å². The molecule has 1 aromatic heterocycles. The molecule has 0 amide bonds. The fraction of sp³-hybridized carbons (Fsp3) is 0.583. The van der Waals surface area contributed by atoms with Gasteiger partial charge in [0, 0.05) is 50.2 Å². The SMILES string of the molecule is CC(C)N(C)[C@@H]1CCCNC1.COCCCOc1cc(C=O)nc2c(F)ccc(C)c12. The Morgan fingerprint density at radius 1 is 1.35 bits per heavy atom. The van der Waals surface area contributed by atoms with Gasteiger partial charge in [0.25, 0.3) is 0 Å². The monoisotopic (exact) mass is 433 g/mol. The summed E-state index contributed by atoms with van der Waals surface area (Å²) in [5, 5.41) is 4.03. The highest BCUT2D eigenvalue weighted by Crippen LogP contribution is 2.30. The van der Waals surface area contributed by atoms with Gasteiger partial charge in [-0.1, -0.05) is 6.07 Å². The van der Waals surface area contributed by atoms with Crippen LogP contribution in [-0.4, -0.2) is 68.7 Å². The summed E-state index contributed by atoms with van der Waals surface area (Å²) in [7, 11) is 3.84. The number of likely N-dealkylation sites (N-methyl/N-ethyl adjacent to an activating group) is 1. The molecular weight excluding hydrogens is 397 g/mol. The molecule has 1 aliphatic heterocycles. The average Bonchev–Trinajstić information content (AvgIpc) is 2.79. The van der Waals surface area contributed by atoms with Gasteiger partial charge >= 0.3 is 0 Å². The summed E-state index contributed by atoms with van der Waals surface area (Å²) < 4.78 is 24.5. The van der Waals surface area contributed by atoms with Crippen LogP contribution in [0.15, 0.2) is 18.2 Å². The Morgan fingerprint density at radius 2 is 2.13 bits per heavy atom. The zero-order valence-electron chi connectivity index (χ0n) is 19.4. The second-order valence-electron chi connectivity index (χ2n) is 8.21. The molecule has 31 heavy (non-hydrogen) atoms. The Kier molecular flexibility index (Phi) is 10.3. The molecule has 1 aliphatic rings. The lowest BCUT2D eigenvalue weighted by Crippen LogP contribution is -2.46. The van der Waals surface area contributed by atoms with Crippen molar-refractivity contribution in [1.29, 1.82) is 0 Å². The Hall–Kier alpha value is -2.09. The minimum absolute atomic E-state index is 0.156. The Bertz CT molecular complexity index is 838. The van der Waals surface area contributed by atoms with Crippen molar-refractivity contribution >= 4 is 17.2 Å². The maximum atomic E-state index is 13.9. The Balaban J connectivity index is 0.000000262. The Labute approximate surface area is 185 Å². The van der Waals surface area contributed by atoms with Gasteiger partial charge in [-0.25, -0.2) is 9.37 Å². The third-order valence-electron chi connectivity index (χ3n) is 5.64. The van der Waals surface area contributed by atoms with Crippen molar-refractivity contribution in [2.75, 3.05) is 40.5 Å². The van der Waals surface area contributed by atoms with E-state index in [1.165, 1.54) is 38.1 Å². The van der Waals surface area contributed by atoms with Crippen LogP contribution in [0.3, 0.4) is 0 Å². The molecule has 0 bridgehead atoms. The smallest absolute Gasteiger partial charge is 0.168 e. The first-order valence-corrected chi connectivity index (χ1v) is 11.0. The van der Waals surface area contributed by atoms with Gasteiger partial charge < -0.3 is 14.8 Å². The van der Waals surface area contributed by atoms with Gasteiger partial charge in [-0.3, -0.25) is 9.69 Å². The summed E-state index contributed by atoms with van der Waals surface area (Å²) in [5.41, 5.74) is 1.17. The largest absolute Gasteiger partial charge is 0.493 e. The number of halogens is 1. The summed E-state index contributed by atoms with van der Waals surface area (Å²) in [5.74, 6) is 0.0150. The molecule has 0 saturated carbocycles. The molecule has 1 saturated heterocycles. The summed E-state index contributed by atoms with van der Waals surface area (Å²) in [6.07, 6.45) is 4.00. The van der Waals surface area contributed by atoms with Crippen molar-refractivity contribution in [3.05, 3.63) is 35.3 Å². The minimum atomic E-state index is -0.462. The highest BCUT2D eigenvalue weighted by atomic mass is 19.1. The predicted octanol–water partition coefficient (Wildman–Crippen LogP) is 3.99. The number of hydrogen-bond acceptors (Lipinski definition) is 6. The molecule has 7 heteroatoms. The van der Waals surface area contributed by atoms with Crippen molar-refractivity contribution in [3.63, 3.8) is 0 Å². The van der Waals surface area contributed by atoms with Crippen LogP contribution in [0.4, 0.5) is 4.39 Å². The van der Waals surface area contributed by atoms with Crippen LogP contribution in [0.2, 0.25) is 0 Å². The number of carbonyl (C=O) groups is 1. The second kappa shape index (κ2) is 12.7. The lowest BCUT2D eigenvalue weighted by atomic mass is 10.1. The average molecular weight is 434 g/mol. The van der Waals surface area contributed by atoms with E-state index in [-0.39, 0.29) is 11.2 Å². The van der Waals surface area contributed by atoms with Gasteiger partial charge in [-0.15, -0.1) is 0 Å². The van der Waals surface area contributed by atoms with E-state index in [0.29, 0.717) is 43.1 Å². The third kappa shape index (κ3) is 7.23. The summed E-state index contributed by atoms with van der Waals surface area (Å²) in [4.78, 5) is 17.4. The number of methoxy groups -OCH3 is 1. The van der Waals surface area contributed by atoms with Crippen LogP contribution in [0.1, 0.15) is 49.2 Å². The summed E-state index contributed by atoms with van der Waals surface area (Å²) >= 11 is 0. The van der Waals surface area contributed by atoms with E-state index < -0.39 is 5.82 Å². The standard InChI is InChI=1S/C15H16FNO3.C9H20N2/c1-10-4-5-12(16)15-14(10)13(8-11(9-18)17-15)20-7-3-6-19-2;1-8(2)11(3)9-5-4-6-10-7-9/h4-5,8-9H,3,6-7H2,1-2H3;8-10H,4-7H2,1-3H3/t;9-/m.1/s1. The number of nitrogens with zero attached hydrogens (tertiary/aromatic N) is 2. The molecule has 0 unspecified atom stereocenters. The number of piperidine rings is 1. The van der Waals surface area contributed by atoms with Crippen molar-refractivity contribution in [2.24, 2.45) is 0 Å². The number of aryl methyl sites for hydroxylation is 1. The van der Waals surface area contributed by atoms with Crippen LogP contribution in [0.25, 0.3) is 10.9 Å². The molecular formula is C24H36FN3O3. The van der Waals surface area contributed by atoms with Gasteiger partial charge in [0.1, 0.15) is 22.8 Å². The molecule has 0 aliphatic carbocycles. The van der Waals surface area contributed by atoms with Gasteiger partial charge in [0.05, 0.1) is 6.61 Å². The number of hydrogen-bond donors (Lipinski definition) is 1. The highest BCUT2D eigenvalue weighted by Gasteiger charge is 2.19. The van der Waals surface area contributed by atoms with Gasteiger partial charge in [-0.05, 0) is 58.8 Å². The number of carbonyl (C=O) groups excluding carboxylic acids is 1. The van der Waals surface area contributed by atoms with Gasteiger partial charge in [0.15, 0.2) is 6.29 Å². The molecule has 2 heterocycles. The van der Waals surface area contributed by atoms with E-state index in [1.807, 2.05) is 6.92 Å². The lowest BCUT2D eigenvalue weighted by Gasteiger charge is -2.34. The molecule has 0 spiro atoms. The molecule has 1 N–H and O–H groups in total. The fourth-order valence-electron chi connectivity index (χ4n) is 3.62. The van der Waals surface area contributed by atoms with E-state index in [0.717, 1.165) is 11.6 Å². The number of aldehydes is 1. The van der Waals surface area contributed by atoms with E-state index in [9.17, 15) is 9.18 Å². The number of pyridine rings is 1. The molecule has 1 aromatic carbocycles. The number of rotatable bonds is 8. The van der Waals surface area contributed by atoms with Crippen molar-refractivity contribution in [3.8, 4) is 5.75 Å². The number of aromatic nitrogens is 1. The number of ether oxygens (including phenoxy) is 2. The number of benzene rings is 1. The lowest BCUT2D eigenvalue weighted by molar-refractivity contribution is 0.111. The minimum Gasteiger partial charge on any atom is -0.493 e. The molecule has 1 atom stereocenters. The topological polar surface area (TPSA) is 63.7 Å². The normalized spacial score (nSPS) is 16.3. The van der Waals surface area contributed by atoms with Crippen LogP contribution in [0.5, 0.6) is 5.75 Å². The van der Waals surface area contributed by atoms with Gasteiger partial charge in [-0.2, -0.15) is 0 Å². The summed E-state index contributed by atoms with van der Waals surface area (Å²) in [6, 6.07) is 5.99. The van der Waals surface area contributed by atoms with Crippen LogP contribution in [0, 0.1) is 12.7 Å². The van der Waals surface area contributed by atoms with Crippen LogP contribution in [-0.2, 0) is 4.74 Å². The summed E-state index contributed by atoms with van der Waals surface area (Å²) in [6.45, 7) is 9.77. The molecule has 6 nitrogen and oxygen atoms in total. The van der Waals surface area contributed by atoms with E-state index in [1.54, 1.807) is 13.2 Å². The van der Waals surface area contributed by atoms with Gasteiger partial charge in [0.2, 0.25) is 0 Å². The first-order valence-electron chi connectivity index (χ1n) is 11.0. The third-order valence-corrected chi connectivity index (χ3v) is 5.64. The molecule has 2 aromatic rings. The zero-order valence-corrected chi connectivity index (χ0v) is 19.4. The first kappa shape index (κ1) is 25.2. The first-order chi connectivity index (χ1) is 14.9. The number of nitrogens with one attached hydrogen (secondary N) is 1. The number of fused-ring (bicyclic) bond motifs is 1. The molecule has 3 rings (SSSR count). The van der Waals surface area contributed by atoms with Crippen molar-refractivity contribution in [1.82, 2.24) is 15.2 Å².